The second-order valence-corrected chi connectivity index (χ2v) is 7.41. The Labute approximate surface area is 184 Å². The van der Waals surface area contributed by atoms with Crippen LogP contribution in [-0.2, 0) is 29.2 Å². The molecule has 2 heterocycles. The molecule has 0 saturated carbocycles. The number of carbonyl (C=O) groups is 1. The zero-order chi connectivity index (χ0) is 22.5. The van der Waals surface area contributed by atoms with E-state index < -0.39 is 0 Å². The summed E-state index contributed by atoms with van der Waals surface area (Å²) in [6.45, 7) is 1.19. The molecule has 0 aliphatic heterocycles. The molecule has 4 aromatic rings. The monoisotopic (exact) mass is 432 g/mol. The predicted molar refractivity (Wildman–Crippen MR) is 120 cm³/mol. The summed E-state index contributed by atoms with van der Waals surface area (Å²) in [7, 11) is 3.29. The highest BCUT2D eigenvalue weighted by atomic mass is 16.5. The first-order chi connectivity index (χ1) is 15.6. The topological polar surface area (TPSA) is 95.1 Å². The van der Waals surface area contributed by atoms with Crippen molar-refractivity contribution in [3.8, 4) is 11.3 Å². The molecule has 0 bridgehead atoms. The first kappa shape index (κ1) is 21.4. The summed E-state index contributed by atoms with van der Waals surface area (Å²) >= 11 is 0. The minimum atomic E-state index is -0.301. The molecule has 0 N–H and O–H groups in total. The first-order valence-corrected chi connectivity index (χ1v) is 10.2. The van der Waals surface area contributed by atoms with Gasteiger partial charge in [-0.05, 0) is 6.07 Å². The van der Waals surface area contributed by atoms with Gasteiger partial charge in [0.15, 0.2) is 5.82 Å². The Bertz CT molecular complexity index is 1280. The molecule has 0 unspecified atom stereocenters. The highest BCUT2D eigenvalue weighted by molar-refractivity contribution is 5.93. The van der Waals surface area contributed by atoms with Gasteiger partial charge in [0.2, 0.25) is 5.91 Å². The molecular weight excluding hydrogens is 408 g/mol. The third-order valence-corrected chi connectivity index (χ3v) is 5.24. The van der Waals surface area contributed by atoms with Gasteiger partial charge in [0.25, 0.3) is 5.56 Å². The summed E-state index contributed by atoms with van der Waals surface area (Å²) in [5.41, 5.74) is 1.24. The van der Waals surface area contributed by atoms with Crippen LogP contribution in [0.25, 0.3) is 22.0 Å². The number of nitrogens with zero attached hydrogens (tertiary/aromatic N) is 6. The van der Waals surface area contributed by atoms with Gasteiger partial charge in [-0.25, -0.2) is 4.68 Å². The van der Waals surface area contributed by atoms with E-state index in [-0.39, 0.29) is 24.6 Å². The van der Waals surface area contributed by atoms with Crippen molar-refractivity contribution in [1.29, 1.82) is 0 Å². The van der Waals surface area contributed by atoms with Gasteiger partial charge in [0.05, 0.1) is 24.2 Å². The summed E-state index contributed by atoms with van der Waals surface area (Å²) in [5, 5.41) is 13.8. The van der Waals surface area contributed by atoms with Crippen LogP contribution < -0.4 is 5.56 Å². The van der Waals surface area contributed by atoms with Crippen LogP contribution in [0.1, 0.15) is 5.82 Å². The number of fused-ring (bicyclic) bond motifs is 1. The fourth-order valence-electron chi connectivity index (χ4n) is 3.48. The standard InChI is InChI=1S/C23H24N6O3/c1-27(14-20-25-24-16-28(20)12-13-32-2)21(30)15-29-23(31)19-11-7-6-10-18(19)22(26-29)17-8-4-3-5-9-17/h3-11,16H,12-15H2,1-2H3. The third kappa shape index (κ3) is 4.42. The van der Waals surface area contributed by atoms with E-state index in [1.54, 1.807) is 26.6 Å². The van der Waals surface area contributed by atoms with Crippen molar-refractivity contribution in [2.45, 2.75) is 19.6 Å². The molecule has 0 radical (unpaired) electrons. The molecule has 9 nitrogen and oxygen atoms in total. The van der Waals surface area contributed by atoms with E-state index >= 15 is 0 Å². The van der Waals surface area contributed by atoms with Gasteiger partial charge in [-0.1, -0.05) is 48.5 Å². The number of ether oxygens (including phenoxy) is 1. The Kier molecular flexibility index (Phi) is 6.37. The van der Waals surface area contributed by atoms with Crippen LogP contribution in [0.15, 0.2) is 65.7 Å². The van der Waals surface area contributed by atoms with E-state index in [1.807, 2.05) is 53.1 Å². The van der Waals surface area contributed by atoms with Crippen LogP contribution in [0.3, 0.4) is 0 Å². The summed E-state index contributed by atoms with van der Waals surface area (Å²) < 4.78 is 8.16. The van der Waals surface area contributed by atoms with Gasteiger partial charge >= 0.3 is 0 Å². The minimum absolute atomic E-state index is 0.174. The number of benzene rings is 2. The second kappa shape index (κ2) is 9.52. The van der Waals surface area contributed by atoms with Crippen molar-refractivity contribution in [3.05, 3.63) is 77.1 Å². The lowest BCUT2D eigenvalue weighted by Crippen LogP contribution is -2.35. The molecule has 1 amide bonds. The van der Waals surface area contributed by atoms with Crippen molar-refractivity contribution in [1.82, 2.24) is 29.4 Å². The van der Waals surface area contributed by atoms with Gasteiger partial charge in [-0.15, -0.1) is 10.2 Å². The molecule has 0 spiro atoms. The Morgan fingerprint density at radius 2 is 1.78 bits per heavy atom. The summed E-state index contributed by atoms with van der Waals surface area (Å²) in [6, 6.07) is 16.9. The fourth-order valence-corrected chi connectivity index (χ4v) is 3.48. The van der Waals surface area contributed by atoms with E-state index in [1.165, 1.54) is 9.58 Å². The van der Waals surface area contributed by atoms with Crippen molar-refractivity contribution in [2.24, 2.45) is 0 Å². The zero-order valence-corrected chi connectivity index (χ0v) is 18.0. The van der Waals surface area contributed by atoms with Crippen LogP contribution in [0, 0.1) is 0 Å². The molecule has 0 atom stereocenters. The quantitative estimate of drug-likeness (QED) is 0.422. The fraction of sp³-hybridized carbons (Fsp3) is 0.261. The third-order valence-electron chi connectivity index (χ3n) is 5.24. The normalized spacial score (nSPS) is 11.1. The number of hydrogen-bond acceptors (Lipinski definition) is 6. The lowest BCUT2D eigenvalue weighted by atomic mass is 10.1. The maximum atomic E-state index is 13.0. The average Bonchev–Trinajstić information content (AvgIpc) is 3.26. The zero-order valence-electron chi connectivity index (χ0n) is 18.0. The number of amides is 1. The van der Waals surface area contributed by atoms with Gasteiger partial charge < -0.3 is 14.2 Å². The lowest BCUT2D eigenvalue weighted by molar-refractivity contribution is -0.131. The van der Waals surface area contributed by atoms with E-state index in [0.717, 1.165) is 10.9 Å². The van der Waals surface area contributed by atoms with E-state index in [2.05, 4.69) is 15.3 Å². The van der Waals surface area contributed by atoms with Gasteiger partial charge in [-0.3, -0.25) is 9.59 Å². The van der Waals surface area contributed by atoms with Crippen LogP contribution in [0.5, 0.6) is 0 Å². The number of carbonyl (C=O) groups excluding carboxylic acids is 1. The summed E-state index contributed by atoms with van der Waals surface area (Å²) in [4.78, 5) is 27.5. The molecule has 2 aromatic heterocycles. The molecule has 2 aromatic carbocycles. The first-order valence-electron chi connectivity index (χ1n) is 10.2. The lowest BCUT2D eigenvalue weighted by Gasteiger charge is -2.18. The van der Waals surface area contributed by atoms with Crippen molar-refractivity contribution < 1.29 is 9.53 Å². The van der Waals surface area contributed by atoms with Crippen LogP contribution in [-0.4, -0.2) is 56.1 Å². The van der Waals surface area contributed by atoms with E-state index in [9.17, 15) is 9.59 Å². The number of likely N-dealkylation sites (N-methyl/N-ethyl adjacent to an activating group) is 1. The molecule has 0 fully saturated rings. The molecule has 0 saturated heterocycles. The van der Waals surface area contributed by atoms with Crippen molar-refractivity contribution in [2.75, 3.05) is 20.8 Å². The highest BCUT2D eigenvalue weighted by Gasteiger charge is 2.18. The largest absolute Gasteiger partial charge is 0.383 e. The summed E-state index contributed by atoms with van der Waals surface area (Å²) in [6.07, 6.45) is 1.61. The number of methoxy groups -OCH3 is 1. The molecule has 32 heavy (non-hydrogen) atoms. The van der Waals surface area contributed by atoms with Crippen LogP contribution in [0.4, 0.5) is 0 Å². The molecule has 0 aliphatic carbocycles. The molecule has 4 rings (SSSR count). The van der Waals surface area contributed by atoms with Crippen LogP contribution >= 0.6 is 0 Å². The molecule has 9 heteroatoms. The second-order valence-electron chi connectivity index (χ2n) is 7.41. The molecular formula is C23H24N6O3. The van der Waals surface area contributed by atoms with Gasteiger partial charge in [0, 0.05) is 31.7 Å². The minimum Gasteiger partial charge on any atom is -0.383 e. The Morgan fingerprint density at radius 3 is 2.53 bits per heavy atom. The number of rotatable bonds is 8. The predicted octanol–water partition coefficient (Wildman–Crippen LogP) is 1.96. The maximum absolute atomic E-state index is 13.0. The maximum Gasteiger partial charge on any atom is 0.275 e. The van der Waals surface area contributed by atoms with Crippen molar-refractivity contribution >= 4 is 16.7 Å². The number of aromatic nitrogens is 5. The van der Waals surface area contributed by atoms with E-state index in [4.69, 9.17) is 4.74 Å². The molecule has 164 valence electrons. The Balaban J connectivity index is 1.61. The average molecular weight is 432 g/mol. The number of hydrogen-bond donors (Lipinski definition) is 0. The molecule has 0 aliphatic rings. The van der Waals surface area contributed by atoms with Gasteiger partial charge in [-0.2, -0.15) is 5.10 Å². The van der Waals surface area contributed by atoms with Crippen LogP contribution in [0.2, 0.25) is 0 Å². The Hall–Kier alpha value is -3.85. The van der Waals surface area contributed by atoms with E-state index in [0.29, 0.717) is 30.1 Å². The Morgan fingerprint density at radius 1 is 1.06 bits per heavy atom. The summed E-state index contributed by atoms with van der Waals surface area (Å²) in [5.74, 6) is 0.386. The smallest absolute Gasteiger partial charge is 0.275 e. The van der Waals surface area contributed by atoms with Crippen molar-refractivity contribution in [3.63, 3.8) is 0 Å². The van der Waals surface area contributed by atoms with Gasteiger partial charge in [0.1, 0.15) is 12.9 Å². The SMILES string of the molecule is COCCn1cnnc1CN(C)C(=O)Cn1nc(-c2ccccc2)c2ccccc2c1=O. The highest BCUT2D eigenvalue weighted by Crippen LogP contribution is 2.24.